The SMILES string of the molecule is CN1CC=CCCCC1. The van der Waals surface area contributed by atoms with Gasteiger partial charge in [0.05, 0.1) is 0 Å². The van der Waals surface area contributed by atoms with Gasteiger partial charge in [0.25, 0.3) is 0 Å². The molecule has 1 rings (SSSR count). The van der Waals surface area contributed by atoms with Gasteiger partial charge in [0, 0.05) is 6.54 Å². The summed E-state index contributed by atoms with van der Waals surface area (Å²) in [5.41, 5.74) is 0. The van der Waals surface area contributed by atoms with Crippen LogP contribution in [0.5, 0.6) is 0 Å². The van der Waals surface area contributed by atoms with Crippen molar-refractivity contribution in [3.63, 3.8) is 0 Å². The van der Waals surface area contributed by atoms with Crippen molar-refractivity contribution in [3.05, 3.63) is 12.2 Å². The van der Waals surface area contributed by atoms with Gasteiger partial charge in [-0.05, 0) is 32.9 Å². The molecule has 1 heteroatoms. The number of hydrogen-bond donors (Lipinski definition) is 0. The summed E-state index contributed by atoms with van der Waals surface area (Å²) in [7, 11) is 2.18. The summed E-state index contributed by atoms with van der Waals surface area (Å²) in [6, 6.07) is 0. The summed E-state index contributed by atoms with van der Waals surface area (Å²) in [5.74, 6) is 0. The third-order valence-corrected chi connectivity index (χ3v) is 1.74. The van der Waals surface area contributed by atoms with Crippen LogP contribution in [0.3, 0.4) is 0 Å². The fraction of sp³-hybridized carbons (Fsp3) is 0.750. The molecule has 0 aromatic carbocycles. The molecular weight excluding hydrogens is 110 g/mol. The van der Waals surface area contributed by atoms with Gasteiger partial charge >= 0.3 is 0 Å². The van der Waals surface area contributed by atoms with Crippen molar-refractivity contribution < 1.29 is 0 Å². The highest BCUT2D eigenvalue weighted by Gasteiger charge is 1.96. The topological polar surface area (TPSA) is 3.24 Å². The Morgan fingerprint density at radius 1 is 1.22 bits per heavy atom. The summed E-state index contributed by atoms with van der Waals surface area (Å²) < 4.78 is 0. The molecule has 0 fully saturated rings. The Morgan fingerprint density at radius 2 is 2.11 bits per heavy atom. The van der Waals surface area contributed by atoms with E-state index in [4.69, 9.17) is 0 Å². The zero-order valence-electron chi connectivity index (χ0n) is 6.14. The first-order valence-electron chi connectivity index (χ1n) is 3.73. The molecule has 0 N–H and O–H groups in total. The lowest BCUT2D eigenvalue weighted by molar-refractivity contribution is 0.355. The smallest absolute Gasteiger partial charge is 0.0160 e. The van der Waals surface area contributed by atoms with Gasteiger partial charge in [0.15, 0.2) is 0 Å². The van der Waals surface area contributed by atoms with Gasteiger partial charge in [-0.2, -0.15) is 0 Å². The molecule has 0 aliphatic carbocycles. The second-order valence-electron chi connectivity index (χ2n) is 2.73. The molecule has 1 nitrogen and oxygen atoms in total. The Hall–Kier alpha value is -0.300. The summed E-state index contributed by atoms with van der Waals surface area (Å²) >= 11 is 0. The summed E-state index contributed by atoms with van der Waals surface area (Å²) in [4.78, 5) is 2.36. The Kier molecular flexibility index (Phi) is 2.78. The van der Waals surface area contributed by atoms with E-state index in [1.54, 1.807) is 0 Å². The van der Waals surface area contributed by atoms with Crippen molar-refractivity contribution in [2.75, 3.05) is 20.1 Å². The highest BCUT2D eigenvalue weighted by atomic mass is 15.1. The van der Waals surface area contributed by atoms with Crippen LogP contribution in [0, 0.1) is 0 Å². The van der Waals surface area contributed by atoms with Gasteiger partial charge < -0.3 is 4.90 Å². The maximum Gasteiger partial charge on any atom is 0.0160 e. The van der Waals surface area contributed by atoms with Crippen LogP contribution in [0.15, 0.2) is 12.2 Å². The van der Waals surface area contributed by atoms with Crippen LogP contribution in [-0.4, -0.2) is 25.0 Å². The van der Waals surface area contributed by atoms with Gasteiger partial charge in [-0.3, -0.25) is 0 Å². The zero-order valence-corrected chi connectivity index (χ0v) is 6.14. The quantitative estimate of drug-likeness (QED) is 0.445. The van der Waals surface area contributed by atoms with E-state index in [-0.39, 0.29) is 0 Å². The van der Waals surface area contributed by atoms with Gasteiger partial charge in [-0.25, -0.2) is 0 Å². The minimum atomic E-state index is 1.14. The predicted octanol–water partition coefficient (Wildman–Crippen LogP) is 1.66. The van der Waals surface area contributed by atoms with Crippen molar-refractivity contribution >= 4 is 0 Å². The van der Waals surface area contributed by atoms with Gasteiger partial charge in [0.1, 0.15) is 0 Å². The molecule has 0 bridgehead atoms. The normalized spacial score (nSPS) is 23.2. The van der Waals surface area contributed by atoms with Crippen molar-refractivity contribution in [3.8, 4) is 0 Å². The van der Waals surface area contributed by atoms with Gasteiger partial charge in [-0.15, -0.1) is 0 Å². The second-order valence-corrected chi connectivity index (χ2v) is 2.73. The van der Waals surface area contributed by atoms with Crippen molar-refractivity contribution in [1.29, 1.82) is 0 Å². The molecule has 0 atom stereocenters. The average Bonchev–Trinajstić information content (AvgIpc) is 1.79. The monoisotopic (exact) mass is 125 g/mol. The van der Waals surface area contributed by atoms with E-state index < -0.39 is 0 Å². The van der Waals surface area contributed by atoms with Gasteiger partial charge in [0.2, 0.25) is 0 Å². The Morgan fingerprint density at radius 3 is 3.00 bits per heavy atom. The highest BCUT2D eigenvalue weighted by Crippen LogP contribution is 2.01. The first-order valence-corrected chi connectivity index (χ1v) is 3.73. The standard InChI is InChI=1S/C8H15N/c1-9-7-5-3-2-4-6-8-9/h3,5H,2,4,6-8H2,1H3. The summed E-state index contributed by atoms with van der Waals surface area (Å²) in [5, 5.41) is 0. The minimum absolute atomic E-state index is 1.14. The molecule has 1 aliphatic rings. The van der Waals surface area contributed by atoms with E-state index in [0.29, 0.717) is 0 Å². The molecule has 0 saturated heterocycles. The van der Waals surface area contributed by atoms with E-state index in [0.717, 1.165) is 6.54 Å². The minimum Gasteiger partial charge on any atom is -0.303 e. The van der Waals surface area contributed by atoms with E-state index in [2.05, 4.69) is 24.1 Å². The molecule has 0 aromatic rings. The lowest BCUT2D eigenvalue weighted by atomic mass is 10.2. The maximum absolute atomic E-state index is 2.36. The molecule has 0 radical (unpaired) electrons. The van der Waals surface area contributed by atoms with Crippen LogP contribution in [0.2, 0.25) is 0 Å². The van der Waals surface area contributed by atoms with Crippen LogP contribution in [0.1, 0.15) is 19.3 Å². The molecule has 1 heterocycles. The number of allylic oxidation sites excluding steroid dienone is 1. The number of likely N-dealkylation sites (N-methyl/N-ethyl adjacent to an activating group) is 1. The van der Waals surface area contributed by atoms with Crippen LogP contribution >= 0.6 is 0 Å². The molecule has 1 aliphatic heterocycles. The van der Waals surface area contributed by atoms with E-state index in [9.17, 15) is 0 Å². The number of nitrogens with zero attached hydrogens (tertiary/aromatic N) is 1. The van der Waals surface area contributed by atoms with Crippen molar-refractivity contribution in [1.82, 2.24) is 4.90 Å². The molecule has 52 valence electrons. The third-order valence-electron chi connectivity index (χ3n) is 1.74. The second kappa shape index (κ2) is 3.67. The van der Waals surface area contributed by atoms with Crippen molar-refractivity contribution in [2.24, 2.45) is 0 Å². The van der Waals surface area contributed by atoms with E-state index in [1.165, 1.54) is 25.8 Å². The Labute approximate surface area is 57.4 Å². The third kappa shape index (κ3) is 2.66. The number of hydrogen-bond acceptors (Lipinski definition) is 1. The highest BCUT2D eigenvalue weighted by molar-refractivity contribution is 4.85. The fourth-order valence-electron chi connectivity index (χ4n) is 1.11. The Balaban J connectivity index is 2.28. The zero-order chi connectivity index (χ0) is 6.53. The maximum atomic E-state index is 2.36. The summed E-state index contributed by atoms with van der Waals surface area (Å²) in [6.45, 7) is 2.41. The molecule has 9 heavy (non-hydrogen) atoms. The fourth-order valence-corrected chi connectivity index (χ4v) is 1.11. The first kappa shape index (κ1) is 6.81. The van der Waals surface area contributed by atoms with Crippen LogP contribution in [0.25, 0.3) is 0 Å². The molecule has 0 amide bonds. The average molecular weight is 125 g/mol. The molecule has 0 spiro atoms. The summed E-state index contributed by atoms with van der Waals surface area (Å²) in [6.07, 6.45) is 8.56. The van der Waals surface area contributed by atoms with Gasteiger partial charge in [-0.1, -0.05) is 12.2 Å². The van der Waals surface area contributed by atoms with Crippen LogP contribution in [0.4, 0.5) is 0 Å². The van der Waals surface area contributed by atoms with E-state index in [1.807, 2.05) is 0 Å². The van der Waals surface area contributed by atoms with Crippen molar-refractivity contribution in [2.45, 2.75) is 19.3 Å². The number of rotatable bonds is 0. The molecular formula is C8H15N. The Bertz CT molecular complexity index is 96.7. The van der Waals surface area contributed by atoms with Crippen LogP contribution in [-0.2, 0) is 0 Å². The predicted molar refractivity (Wildman–Crippen MR) is 40.5 cm³/mol. The lowest BCUT2D eigenvalue weighted by Gasteiger charge is -2.15. The molecule has 0 unspecified atom stereocenters. The molecule has 0 aromatic heterocycles. The largest absolute Gasteiger partial charge is 0.303 e. The van der Waals surface area contributed by atoms with E-state index >= 15 is 0 Å². The van der Waals surface area contributed by atoms with Crippen LogP contribution < -0.4 is 0 Å². The first-order chi connectivity index (χ1) is 4.39. The molecule has 0 saturated carbocycles. The lowest BCUT2D eigenvalue weighted by Crippen LogP contribution is -2.20.